The molecule has 1 aromatic carbocycles. The van der Waals surface area contributed by atoms with Crippen LogP contribution < -0.4 is 5.73 Å². The Morgan fingerprint density at radius 1 is 1.38 bits per heavy atom. The quantitative estimate of drug-likeness (QED) is 0.939. The fraction of sp³-hybridized carbons (Fsp3) is 0.182. The zero-order valence-electron chi connectivity index (χ0n) is 8.53. The van der Waals surface area contributed by atoms with Crippen molar-refractivity contribution in [2.45, 2.75) is 13.1 Å². The number of rotatable bonds is 3. The summed E-state index contributed by atoms with van der Waals surface area (Å²) in [5.74, 6) is -0.250. The third-order valence-electron chi connectivity index (χ3n) is 2.34. The molecule has 0 unspecified atom stereocenters. The zero-order valence-corrected chi connectivity index (χ0v) is 10.1. The van der Waals surface area contributed by atoms with Gasteiger partial charge in [-0.15, -0.1) is 0 Å². The molecule has 0 bridgehead atoms. The summed E-state index contributed by atoms with van der Waals surface area (Å²) in [6, 6.07) is 6.45. The first-order valence-corrected chi connectivity index (χ1v) is 5.64. The van der Waals surface area contributed by atoms with E-state index >= 15 is 0 Å². The van der Waals surface area contributed by atoms with Crippen LogP contribution in [-0.4, -0.2) is 9.78 Å². The molecule has 2 rings (SSSR count). The van der Waals surface area contributed by atoms with Crippen LogP contribution in [0.1, 0.15) is 11.3 Å². The van der Waals surface area contributed by atoms with Crippen molar-refractivity contribution in [3.05, 3.63) is 52.0 Å². The molecule has 0 radical (unpaired) electrons. The Hall–Kier alpha value is -1.20. The average Bonchev–Trinajstić information content (AvgIpc) is 2.71. The monoisotopic (exact) mass is 283 g/mol. The van der Waals surface area contributed by atoms with Gasteiger partial charge in [-0.1, -0.05) is 15.9 Å². The fourth-order valence-electron chi connectivity index (χ4n) is 1.50. The molecule has 0 aliphatic rings. The summed E-state index contributed by atoms with van der Waals surface area (Å²) in [5.41, 5.74) is 7.34. The van der Waals surface area contributed by atoms with E-state index in [9.17, 15) is 4.39 Å². The summed E-state index contributed by atoms with van der Waals surface area (Å²) >= 11 is 3.38. The Bertz CT molecular complexity index is 496. The van der Waals surface area contributed by atoms with Crippen molar-refractivity contribution < 1.29 is 4.39 Å². The third kappa shape index (κ3) is 2.31. The predicted octanol–water partition coefficient (Wildman–Crippen LogP) is 2.29. The molecule has 2 N–H and O–H groups in total. The molecule has 5 heteroatoms. The van der Waals surface area contributed by atoms with Crippen molar-refractivity contribution in [2.24, 2.45) is 5.73 Å². The fourth-order valence-corrected chi connectivity index (χ4v) is 1.87. The van der Waals surface area contributed by atoms with E-state index in [-0.39, 0.29) is 5.82 Å². The van der Waals surface area contributed by atoms with Gasteiger partial charge >= 0.3 is 0 Å². The Balaban J connectivity index is 2.30. The van der Waals surface area contributed by atoms with E-state index in [1.165, 1.54) is 12.1 Å². The van der Waals surface area contributed by atoms with Crippen molar-refractivity contribution in [2.75, 3.05) is 0 Å². The lowest BCUT2D eigenvalue weighted by molar-refractivity contribution is 0.611. The lowest BCUT2D eigenvalue weighted by Gasteiger charge is -2.08. The number of hydrogen-bond acceptors (Lipinski definition) is 2. The van der Waals surface area contributed by atoms with Crippen molar-refractivity contribution in [1.29, 1.82) is 0 Å². The number of aromatic nitrogens is 2. The molecule has 0 spiro atoms. The van der Waals surface area contributed by atoms with Gasteiger partial charge in [0.15, 0.2) is 0 Å². The smallest absolute Gasteiger partial charge is 0.123 e. The maximum absolute atomic E-state index is 13.1. The van der Waals surface area contributed by atoms with Crippen LogP contribution in [0.5, 0.6) is 0 Å². The molecule has 3 nitrogen and oxygen atoms in total. The van der Waals surface area contributed by atoms with Gasteiger partial charge in [-0.25, -0.2) is 4.39 Å². The molecule has 0 saturated carbocycles. The van der Waals surface area contributed by atoms with Crippen LogP contribution in [0.15, 0.2) is 34.9 Å². The molecule has 1 heterocycles. The second kappa shape index (κ2) is 4.76. The van der Waals surface area contributed by atoms with Crippen LogP contribution in [0, 0.1) is 5.82 Å². The van der Waals surface area contributed by atoms with E-state index in [1.54, 1.807) is 16.9 Å². The minimum atomic E-state index is -0.250. The second-order valence-corrected chi connectivity index (χ2v) is 4.27. The van der Waals surface area contributed by atoms with Gasteiger partial charge in [0.1, 0.15) is 5.82 Å². The van der Waals surface area contributed by atoms with Crippen LogP contribution in [0.25, 0.3) is 0 Å². The van der Waals surface area contributed by atoms with Gasteiger partial charge in [-0.05, 0) is 29.8 Å². The van der Waals surface area contributed by atoms with Crippen LogP contribution in [0.4, 0.5) is 4.39 Å². The highest BCUT2D eigenvalue weighted by Crippen LogP contribution is 2.19. The van der Waals surface area contributed by atoms with E-state index < -0.39 is 0 Å². The van der Waals surface area contributed by atoms with Gasteiger partial charge in [0.25, 0.3) is 0 Å². The molecule has 0 aliphatic heterocycles. The maximum atomic E-state index is 13.1. The van der Waals surface area contributed by atoms with E-state index in [1.807, 2.05) is 6.07 Å². The summed E-state index contributed by atoms with van der Waals surface area (Å²) in [5, 5.41) is 4.15. The minimum Gasteiger partial charge on any atom is -0.325 e. The molecule has 0 atom stereocenters. The molecule has 0 amide bonds. The molecule has 84 valence electrons. The topological polar surface area (TPSA) is 43.8 Å². The van der Waals surface area contributed by atoms with Gasteiger partial charge in [0.2, 0.25) is 0 Å². The van der Waals surface area contributed by atoms with Gasteiger partial charge in [0, 0.05) is 17.2 Å². The summed E-state index contributed by atoms with van der Waals surface area (Å²) in [7, 11) is 0. The molecule has 0 saturated heterocycles. The molecule has 2 aromatic rings. The van der Waals surface area contributed by atoms with E-state index in [2.05, 4.69) is 21.0 Å². The summed E-state index contributed by atoms with van der Waals surface area (Å²) < 4.78 is 15.7. The first-order chi connectivity index (χ1) is 7.70. The lowest BCUT2D eigenvalue weighted by Crippen LogP contribution is -2.10. The van der Waals surface area contributed by atoms with Crippen LogP contribution in [0.3, 0.4) is 0 Å². The van der Waals surface area contributed by atoms with Crippen LogP contribution in [-0.2, 0) is 13.1 Å². The highest BCUT2D eigenvalue weighted by molar-refractivity contribution is 9.10. The molecule has 0 fully saturated rings. The molecular weight excluding hydrogens is 273 g/mol. The normalized spacial score (nSPS) is 10.7. The average molecular weight is 284 g/mol. The second-order valence-electron chi connectivity index (χ2n) is 3.42. The first-order valence-electron chi connectivity index (χ1n) is 4.85. The van der Waals surface area contributed by atoms with Crippen molar-refractivity contribution in [3.8, 4) is 0 Å². The number of benzene rings is 1. The summed E-state index contributed by atoms with van der Waals surface area (Å²) in [6.07, 6.45) is 1.69. The zero-order chi connectivity index (χ0) is 11.5. The number of nitrogens with two attached hydrogens (primary N) is 1. The molecule has 16 heavy (non-hydrogen) atoms. The minimum absolute atomic E-state index is 0.250. The van der Waals surface area contributed by atoms with Gasteiger partial charge < -0.3 is 5.73 Å². The van der Waals surface area contributed by atoms with Gasteiger partial charge in [-0.2, -0.15) is 5.10 Å². The van der Waals surface area contributed by atoms with Crippen molar-refractivity contribution in [3.63, 3.8) is 0 Å². The largest absolute Gasteiger partial charge is 0.325 e. The molecule has 0 aliphatic carbocycles. The lowest BCUT2D eigenvalue weighted by atomic mass is 10.2. The van der Waals surface area contributed by atoms with Gasteiger partial charge in [0.05, 0.1) is 12.2 Å². The predicted molar refractivity (Wildman–Crippen MR) is 63.3 cm³/mol. The maximum Gasteiger partial charge on any atom is 0.123 e. The first kappa shape index (κ1) is 11.3. The highest BCUT2D eigenvalue weighted by Gasteiger charge is 2.05. The molecular formula is C11H11BrFN3. The van der Waals surface area contributed by atoms with Gasteiger partial charge in [-0.3, -0.25) is 4.68 Å². The summed E-state index contributed by atoms with van der Waals surface area (Å²) in [6.45, 7) is 0.935. The van der Waals surface area contributed by atoms with Crippen LogP contribution >= 0.6 is 15.9 Å². The van der Waals surface area contributed by atoms with E-state index in [0.717, 1.165) is 15.7 Å². The third-order valence-corrected chi connectivity index (χ3v) is 3.12. The van der Waals surface area contributed by atoms with E-state index in [0.29, 0.717) is 13.1 Å². The van der Waals surface area contributed by atoms with Crippen molar-refractivity contribution in [1.82, 2.24) is 9.78 Å². The number of nitrogens with zero attached hydrogens (tertiary/aromatic N) is 2. The Morgan fingerprint density at radius 2 is 2.19 bits per heavy atom. The Kier molecular flexibility index (Phi) is 3.36. The van der Waals surface area contributed by atoms with Crippen molar-refractivity contribution >= 4 is 15.9 Å². The number of halogens is 2. The molecule has 1 aromatic heterocycles. The Morgan fingerprint density at radius 3 is 2.94 bits per heavy atom. The van der Waals surface area contributed by atoms with Crippen LogP contribution in [0.2, 0.25) is 0 Å². The SMILES string of the molecule is NCc1ccnn1Cc1cc(F)ccc1Br. The number of hydrogen-bond donors (Lipinski definition) is 1. The standard InChI is InChI=1S/C11H11BrFN3/c12-11-2-1-9(13)5-8(11)7-16-10(6-14)3-4-15-16/h1-5H,6-7,14H2. The summed E-state index contributed by atoms with van der Waals surface area (Å²) in [4.78, 5) is 0. The highest BCUT2D eigenvalue weighted by atomic mass is 79.9. The van der Waals surface area contributed by atoms with E-state index in [4.69, 9.17) is 5.73 Å². The Labute approximate surface area is 101 Å².